The molecule has 8 heteroatoms. The average molecular weight is 374 g/mol. The third-order valence-electron chi connectivity index (χ3n) is 4.69. The van der Waals surface area contributed by atoms with Gasteiger partial charge < -0.3 is 10.6 Å². The van der Waals surface area contributed by atoms with Crippen LogP contribution in [0.3, 0.4) is 0 Å². The van der Waals surface area contributed by atoms with Crippen molar-refractivity contribution in [1.29, 1.82) is 5.26 Å². The maximum Gasteiger partial charge on any atom is 0.332 e. The van der Waals surface area contributed by atoms with E-state index in [0.717, 1.165) is 17.4 Å². The van der Waals surface area contributed by atoms with Gasteiger partial charge in [0.2, 0.25) is 0 Å². The minimum Gasteiger partial charge on any atom is -0.355 e. The fourth-order valence-electron chi connectivity index (χ4n) is 3.31. The van der Waals surface area contributed by atoms with Crippen LogP contribution < -0.4 is 21.9 Å². The molecule has 1 saturated heterocycles. The molecular weight excluding hydrogens is 354 g/mol. The zero-order valence-corrected chi connectivity index (χ0v) is 15.2. The maximum atomic E-state index is 12.8. The molecule has 0 saturated carbocycles. The number of nitriles is 1. The largest absolute Gasteiger partial charge is 0.355 e. The Kier molecular flexibility index (Phi) is 5.16. The molecule has 0 bridgehead atoms. The minimum atomic E-state index is -0.532. The van der Waals surface area contributed by atoms with Crippen LogP contribution in [-0.2, 0) is 13.6 Å². The van der Waals surface area contributed by atoms with E-state index < -0.39 is 11.2 Å². The molecule has 0 spiro atoms. The van der Waals surface area contributed by atoms with Gasteiger partial charge in [0.1, 0.15) is 10.8 Å². The first-order valence-corrected chi connectivity index (χ1v) is 8.79. The zero-order valence-electron chi connectivity index (χ0n) is 14.5. The van der Waals surface area contributed by atoms with E-state index in [1.165, 1.54) is 11.6 Å². The van der Waals surface area contributed by atoms with E-state index in [0.29, 0.717) is 30.0 Å². The Morgan fingerprint density at radius 2 is 2.08 bits per heavy atom. The third kappa shape index (κ3) is 3.26. The second-order valence-electron chi connectivity index (χ2n) is 6.49. The molecule has 136 valence electrons. The van der Waals surface area contributed by atoms with Gasteiger partial charge in [0, 0.05) is 26.2 Å². The summed E-state index contributed by atoms with van der Waals surface area (Å²) in [5.74, 6) is 0.377. The maximum absolute atomic E-state index is 12.8. The van der Waals surface area contributed by atoms with E-state index in [4.69, 9.17) is 17.3 Å². The second-order valence-corrected chi connectivity index (χ2v) is 6.87. The minimum absolute atomic E-state index is 0.00404. The summed E-state index contributed by atoms with van der Waals surface area (Å²) in [6.07, 6.45) is 1.75. The molecule has 2 N–H and O–H groups in total. The van der Waals surface area contributed by atoms with Gasteiger partial charge >= 0.3 is 5.69 Å². The van der Waals surface area contributed by atoms with Crippen molar-refractivity contribution in [3.8, 4) is 6.07 Å². The van der Waals surface area contributed by atoms with Gasteiger partial charge in [-0.25, -0.2) is 4.79 Å². The van der Waals surface area contributed by atoms with Gasteiger partial charge in [0.15, 0.2) is 0 Å². The van der Waals surface area contributed by atoms with Crippen molar-refractivity contribution in [1.82, 2.24) is 9.13 Å². The molecule has 1 atom stereocenters. The number of hydrogen-bond donors (Lipinski definition) is 1. The third-order valence-corrected chi connectivity index (χ3v) is 5.02. The summed E-state index contributed by atoms with van der Waals surface area (Å²) in [5, 5.41) is 9.32. The molecule has 1 aliphatic rings. The molecule has 0 radical (unpaired) electrons. The van der Waals surface area contributed by atoms with Crippen LogP contribution in [0.15, 0.2) is 33.9 Å². The molecule has 26 heavy (non-hydrogen) atoms. The Morgan fingerprint density at radius 1 is 1.35 bits per heavy atom. The lowest BCUT2D eigenvalue weighted by atomic mass is 10.1. The molecule has 2 aromatic rings. The quantitative estimate of drug-likeness (QED) is 0.867. The SMILES string of the molecule is Cn1c(=O)c(Cl)c(N2CCCC(N)C2)n(Cc2ccccc2C#N)c1=O. The van der Waals surface area contributed by atoms with Crippen LogP contribution in [0.1, 0.15) is 24.0 Å². The smallest absolute Gasteiger partial charge is 0.332 e. The van der Waals surface area contributed by atoms with Gasteiger partial charge in [-0.3, -0.25) is 13.9 Å². The lowest BCUT2D eigenvalue weighted by molar-refractivity contribution is 0.491. The summed E-state index contributed by atoms with van der Waals surface area (Å²) in [6, 6.07) is 9.14. The average Bonchev–Trinajstić information content (AvgIpc) is 2.65. The molecule has 0 amide bonds. The Bertz CT molecular complexity index is 989. The number of rotatable bonds is 3. The number of piperidine rings is 1. The summed E-state index contributed by atoms with van der Waals surface area (Å²) < 4.78 is 2.45. The van der Waals surface area contributed by atoms with E-state index >= 15 is 0 Å². The van der Waals surface area contributed by atoms with Crippen LogP contribution >= 0.6 is 11.6 Å². The first kappa shape index (κ1) is 18.2. The van der Waals surface area contributed by atoms with E-state index in [1.54, 1.807) is 24.3 Å². The highest BCUT2D eigenvalue weighted by Crippen LogP contribution is 2.25. The van der Waals surface area contributed by atoms with Gasteiger partial charge in [-0.1, -0.05) is 29.8 Å². The number of nitrogens with zero attached hydrogens (tertiary/aromatic N) is 4. The van der Waals surface area contributed by atoms with Gasteiger partial charge in [-0.15, -0.1) is 0 Å². The predicted octanol–water partition coefficient (Wildman–Crippen LogP) is 1.05. The number of aromatic nitrogens is 2. The second kappa shape index (κ2) is 7.36. The molecule has 1 aromatic heterocycles. The van der Waals surface area contributed by atoms with Crippen LogP contribution in [-0.4, -0.2) is 28.3 Å². The molecule has 0 aliphatic carbocycles. The highest BCUT2D eigenvalue weighted by Gasteiger charge is 2.25. The van der Waals surface area contributed by atoms with E-state index in [2.05, 4.69) is 6.07 Å². The molecule has 1 unspecified atom stereocenters. The molecule has 7 nitrogen and oxygen atoms in total. The molecule has 1 fully saturated rings. The topological polar surface area (TPSA) is 97.1 Å². The number of hydrogen-bond acceptors (Lipinski definition) is 5. The first-order valence-electron chi connectivity index (χ1n) is 8.42. The van der Waals surface area contributed by atoms with Crippen molar-refractivity contribution in [2.24, 2.45) is 12.8 Å². The van der Waals surface area contributed by atoms with E-state index in [1.807, 2.05) is 4.90 Å². The molecule has 3 rings (SSSR count). The van der Waals surface area contributed by atoms with Gasteiger partial charge in [-0.05, 0) is 24.5 Å². The van der Waals surface area contributed by atoms with Gasteiger partial charge in [-0.2, -0.15) is 5.26 Å². The Balaban J connectivity index is 2.19. The van der Waals surface area contributed by atoms with Gasteiger partial charge in [0.25, 0.3) is 5.56 Å². The summed E-state index contributed by atoms with van der Waals surface area (Å²) >= 11 is 6.36. The molecule has 1 aliphatic heterocycles. The number of benzene rings is 1. The fraction of sp³-hybridized carbons (Fsp3) is 0.389. The predicted molar refractivity (Wildman–Crippen MR) is 101 cm³/mol. The van der Waals surface area contributed by atoms with E-state index in [9.17, 15) is 14.9 Å². The normalized spacial score (nSPS) is 17.2. The van der Waals surface area contributed by atoms with Crippen molar-refractivity contribution < 1.29 is 0 Å². The lowest BCUT2D eigenvalue weighted by Gasteiger charge is -2.34. The lowest BCUT2D eigenvalue weighted by Crippen LogP contribution is -2.48. The number of halogens is 1. The first-order chi connectivity index (χ1) is 12.4. The van der Waals surface area contributed by atoms with Crippen LogP contribution in [0, 0.1) is 11.3 Å². The van der Waals surface area contributed by atoms with Gasteiger partial charge in [0.05, 0.1) is 18.2 Å². The highest BCUT2D eigenvalue weighted by molar-refractivity contribution is 6.32. The zero-order chi connectivity index (χ0) is 18.8. The number of nitrogens with two attached hydrogens (primary N) is 1. The summed E-state index contributed by atoms with van der Waals surface area (Å²) in [6.45, 7) is 1.34. The Morgan fingerprint density at radius 3 is 2.77 bits per heavy atom. The van der Waals surface area contributed by atoms with Crippen LogP contribution in [0.5, 0.6) is 0 Å². The van der Waals surface area contributed by atoms with Crippen molar-refractivity contribution in [2.75, 3.05) is 18.0 Å². The number of anilines is 1. The van der Waals surface area contributed by atoms with Crippen LogP contribution in [0.25, 0.3) is 0 Å². The highest BCUT2D eigenvalue weighted by atomic mass is 35.5. The Hall–Kier alpha value is -2.56. The molecule has 2 heterocycles. The van der Waals surface area contributed by atoms with Crippen molar-refractivity contribution >= 4 is 17.4 Å². The summed E-state index contributed by atoms with van der Waals surface area (Å²) in [4.78, 5) is 27.1. The van der Waals surface area contributed by atoms with Crippen LogP contribution in [0.2, 0.25) is 5.02 Å². The molecular formula is C18H20ClN5O2. The van der Waals surface area contributed by atoms with Crippen LogP contribution in [0.4, 0.5) is 5.82 Å². The fourth-order valence-corrected chi connectivity index (χ4v) is 3.66. The standard InChI is InChI=1S/C18H20ClN5O2/c1-22-17(25)15(19)16(23-8-4-7-14(21)11-23)24(18(22)26)10-13-6-3-2-5-12(13)9-20/h2-3,5-6,14H,4,7-8,10-11,21H2,1H3. The van der Waals surface area contributed by atoms with Crippen molar-refractivity contribution in [3.05, 3.63) is 61.3 Å². The summed E-state index contributed by atoms with van der Waals surface area (Å²) in [7, 11) is 1.40. The Labute approximate surface area is 155 Å². The van der Waals surface area contributed by atoms with Crippen molar-refractivity contribution in [2.45, 2.75) is 25.4 Å². The molecule has 1 aromatic carbocycles. The van der Waals surface area contributed by atoms with Crippen molar-refractivity contribution in [3.63, 3.8) is 0 Å². The summed E-state index contributed by atoms with van der Waals surface area (Å²) in [5.41, 5.74) is 6.23. The monoisotopic (exact) mass is 373 g/mol. The van der Waals surface area contributed by atoms with E-state index in [-0.39, 0.29) is 17.6 Å².